The van der Waals surface area contributed by atoms with E-state index in [4.69, 9.17) is 4.52 Å². The molecule has 6 heteroatoms. The quantitative estimate of drug-likeness (QED) is 0.557. The zero-order valence-corrected chi connectivity index (χ0v) is 16.3. The molecule has 1 amide bonds. The smallest absolute Gasteiger partial charge is 0.227 e. The minimum atomic E-state index is 0.133. The van der Waals surface area contributed by atoms with Crippen LogP contribution >= 0.6 is 22.6 Å². The van der Waals surface area contributed by atoms with E-state index in [1.807, 2.05) is 35.2 Å². The summed E-state index contributed by atoms with van der Waals surface area (Å²) in [5, 5.41) is 4.02. The molecule has 0 radical (unpaired) electrons. The number of aromatic nitrogens is 2. The van der Waals surface area contributed by atoms with Crippen LogP contribution < -0.4 is 0 Å². The Morgan fingerprint density at radius 1 is 1.12 bits per heavy atom. The van der Waals surface area contributed by atoms with Gasteiger partial charge in [-0.2, -0.15) is 4.98 Å². The molecule has 2 heterocycles. The number of carbonyl (C=O) groups excluding carboxylic acids is 1. The largest absolute Gasteiger partial charge is 0.339 e. The van der Waals surface area contributed by atoms with Gasteiger partial charge >= 0.3 is 0 Å². The Morgan fingerprint density at radius 2 is 1.88 bits per heavy atom. The van der Waals surface area contributed by atoms with Crippen LogP contribution in [0.3, 0.4) is 0 Å². The Balaban J connectivity index is 1.36. The van der Waals surface area contributed by atoms with Gasteiger partial charge < -0.3 is 9.42 Å². The summed E-state index contributed by atoms with van der Waals surface area (Å²) in [6.45, 7) is 1.46. The molecule has 1 aliphatic rings. The predicted octanol–water partition coefficient (Wildman–Crippen LogP) is 3.86. The lowest BCUT2D eigenvalue weighted by molar-refractivity contribution is -0.132. The number of benzene rings is 2. The Kier molecular flexibility index (Phi) is 5.01. The fraction of sp³-hybridized carbons (Fsp3) is 0.250. The van der Waals surface area contributed by atoms with E-state index in [1.165, 1.54) is 11.1 Å². The van der Waals surface area contributed by atoms with Gasteiger partial charge in [-0.1, -0.05) is 41.6 Å². The number of fused-ring (bicyclic) bond motifs is 1. The van der Waals surface area contributed by atoms with Gasteiger partial charge in [0.1, 0.15) is 0 Å². The Labute approximate surface area is 165 Å². The topological polar surface area (TPSA) is 59.2 Å². The minimum Gasteiger partial charge on any atom is -0.339 e. The minimum absolute atomic E-state index is 0.133. The van der Waals surface area contributed by atoms with Crippen LogP contribution in [0.4, 0.5) is 0 Å². The maximum Gasteiger partial charge on any atom is 0.227 e. The molecule has 0 spiro atoms. The Morgan fingerprint density at radius 3 is 2.69 bits per heavy atom. The summed E-state index contributed by atoms with van der Waals surface area (Å²) in [6, 6.07) is 16.3. The monoisotopic (exact) mass is 459 g/mol. The van der Waals surface area contributed by atoms with Crippen LogP contribution in [0.15, 0.2) is 53.1 Å². The van der Waals surface area contributed by atoms with Gasteiger partial charge in [0.15, 0.2) is 0 Å². The lowest BCUT2D eigenvalue weighted by Crippen LogP contribution is -2.36. The van der Waals surface area contributed by atoms with Crippen LogP contribution in [0.25, 0.3) is 11.4 Å². The SMILES string of the molecule is O=C(CCc1nc(-c2ccc(I)cc2)no1)N1CCc2ccccc2C1. The van der Waals surface area contributed by atoms with Gasteiger partial charge in [-0.25, -0.2) is 0 Å². The summed E-state index contributed by atoms with van der Waals surface area (Å²) >= 11 is 2.26. The van der Waals surface area contributed by atoms with Crippen LogP contribution in [0.5, 0.6) is 0 Å². The van der Waals surface area contributed by atoms with Crippen molar-refractivity contribution < 1.29 is 9.32 Å². The van der Waals surface area contributed by atoms with E-state index in [2.05, 4.69) is 50.9 Å². The number of amides is 1. The van der Waals surface area contributed by atoms with Gasteiger partial charge in [0.25, 0.3) is 0 Å². The molecule has 0 unspecified atom stereocenters. The van der Waals surface area contributed by atoms with Crippen molar-refractivity contribution in [3.8, 4) is 11.4 Å². The normalized spacial score (nSPS) is 13.5. The van der Waals surface area contributed by atoms with Crippen molar-refractivity contribution in [2.45, 2.75) is 25.8 Å². The standard InChI is InChI=1S/C20H18IN3O2/c21-17-7-5-15(6-8-17)20-22-18(26-23-20)9-10-19(25)24-12-11-14-3-1-2-4-16(14)13-24/h1-8H,9-13H2. The van der Waals surface area contributed by atoms with Crippen molar-refractivity contribution in [2.75, 3.05) is 6.54 Å². The summed E-state index contributed by atoms with van der Waals surface area (Å²) < 4.78 is 6.47. The third kappa shape index (κ3) is 3.80. The molecule has 0 bridgehead atoms. The molecule has 0 aliphatic carbocycles. The first kappa shape index (κ1) is 17.2. The summed E-state index contributed by atoms with van der Waals surface area (Å²) in [5.74, 6) is 1.20. The van der Waals surface area contributed by atoms with Crippen LogP contribution in [-0.4, -0.2) is 27.5 Å². The van der Waals surface area contributed by atoms with Crippen molar-refractivity contribution in [3.63, 3.8) is 0 Å². The van der Waals surface area contributed by atoms with E-state index >= 15 is 0 Å². The number of carbonyl (C=O) groups is 1. The average Bonchev–Trinajstić information content (AvgIpc) is 3.15. The average molecular weight is 459 g/mol. The molecule has 26 heavy (non-hydrogen) atoms. The molecular weight excluding hydrogens is 441 g/mol. The van der Waals surface area contributed by atoms with E-state index in [1.54, 1.807) is 0 Å². The van der Waals surface area contributed by atoms with Crippen LogP contribution in [0.1, 0.15) is 23.4 Å². The molecule has 1 aromatic heterocycles. The number of aryl methyl sites for hydroxylation is 1. The second-order valence-electron chi connectivity index (χ2n) is 6.35. The molecule has 132 valence electrons. The predicted molar refractivity (Wildman–Crippen MR) is 106 cm³/mol. The van der Waals surface area contributed by atoms with Crippen molar-refractivity contribution >= 4 is 28.5 Å². The second-order valence-corrected chi connectivity index (χ2v) is 7.60. The van der Waals surface area contributed by atoms with E-state index < -0.39 is 0 Å². The first-order valence-corrected chi connectivity index (χ1v) is 9.70. The van der Waals surface area contributed by atoms with E-state index in [0.29, 0.717) is 31.1 Å². The fourth-order valence-electron chi connectivity index (χ4n) is 3.15. The third-order valence-corrected chi connectivity index (χ3v) is 5.33. The first-order valence-electron chi connectivity index (χ1n) is 8.62. The Hall–Kier alpha value is -2.22. The van der Waals surface area contributed by atoms with Gasteiger partial charge in [-0.3, -0.25) is 4.79 Å². The number of halogens is 1. The molecule has 0 N–H and O–H groups in total. The molecule has 0 saturated heterocycles. The van der Waals surface area contributed by atoms with E-state index in [-0.39, 0.29) is 5.91 Å². The molecule has 0 saturated carbocycles. The highest BCUT2D eigenvalue weighted by atomic mass is 127. The fourth-order valence-corrected chi connectivity index (χ4v) is 3.51. The second kappa shape index (κ2) is 7.57. The van der Waals surface area contributed by atoms with Crippen molar-refractivity contribution in [3.05, 3.63) is 69.1 Å². The van der Waals surface area contributed by atoms with Gasteiger partial charge in [-0.15, -0.1) is 0 Å². The lowest BCUT2D eigenvalue weighted by Gasteiger charge is -2.28. The summed E-state index contributed by atoms with van der Waals surface area (Å²) in [5.41, 5.74) is 3.50. The molecule has 4 rings (SSSR count). The third-order valence-electron chi connectivity index (χ3n) is 4.61. The molecule has 5 nitrogen and oxygen atoms in total. The van der Waals surface area contributed by atoms with Gasteiger partial charge in [0.2, 0.25) is 17.6 Å². The highest BCUT2D eigenvalue weighted by molar-refractivity contribution is 14.1. The molecule has 2 aromatic carbocycles. The van der Waals surface area contributed by atoms with Crippen molar-refractivity contribution in [2.24, 2.45) is 0 Å². The molecule has 1 aliphatic heterocycles. The van der Waals surface area contributed by atoms with Crippen LogP contribution in [0.2, 0.25) is 0 Å². The molecular formula is C20H18IN3O2. The van der Waals surface area contributed by atoms with Gasteiger partial charge in [-0.05, 0) is 52.3 Å². The molecule has 0 fully saturated rings. The molecule has 3 aromatic rings. The van der Waals surface area contributed by atoms with Gasteiger partial charge in [0.05, 0.1) is 0 Å². The van der Waals surface area contributed by atoms with Crippen molar-refractivity contribution in [1.29, 1.82) is 0 Å². The number of rotatable bonds is 4. The van der Waals surface area contributed by atoms with Crippen molar-refractivity contribution in [1.82, 2.24) is 15.0 Å². The number of hydrogen-bond donors (Lipinski definition) is 0. The van der Waals surface area contributed by atoms with E-state index in [9.17, 15) is 4.79 Å². The summed E-state index contributed by atoms with van der Waals surface area (Å²) in [6.07, 6.45) is 1.77. The summed E-state index contributed by atoms with van der Waals surface area (Å²) in [7, 11) is 0. The lowest BCUT2D eigenvalue weighted by atomic mass is 9.99. The maximum atomic E-state index is 12.5. The number of nitrogens with zero attached hydrogens (tertiary/aromatic N) is 3. The van der Waals surface area contributed by atoms with Crippen LogP contribution in [-0.2, 0) is 24.2 Å². The van der Waals surface area contributed by atoms with Crippen LogP contribution in [0, 0.1) is 3.57 Å². The first-order chi connectivity index (χ1) is 12.7. The van der Waals surface area contributed by atoms with E-state index in [0.717, 1.165) is 22.1 Å². The maximum absolute atomic E-state index is 12.5. The highest BCUT2D eigenvalue weighted by Crippen LogP contribution is 2.20. The summed E-state index contributed by atoms with van der Waals surface area (Å²) in [4.78, 5) is 18.9. The zero-order valence-electron chi connectivity index (χ0n) is 14.2. The molecule has 0 atom stereocenters. The van der Waals surface area contributed by atoms with Gasteiger partial charge in [0, 0.05) is 35.1 Å². The number of hydrogen-bond acceptors (Lipinski definition) is 4. The zero-order chi connectivity index (χ0) is 17.9. The highest BCUT2D eigenvalue weighted by Gasteiger charge is 2.21. The Bertz CT molecular complexity index is 921.